The molecular formula is C23H22ClFN5O2+. The number of pyridine rings is 1. The van der Waals surface area contributed by atoms with Crippen LogP contribution in [0.25, 0.3) is 10.9 Å². The molecule has 2 heterocycles. The van der Waals surface area contributed by atoms with E-state index in [1.54, 1.807) is 19.2 Å². The Kier molecular flexibility index (Phi) is 6.51. The lowest BCUT2D eigenvalue weighted by Gasteiger charge is -2.14. The van der Waals surface area contributed by atoms with Gasteiger partial charge in [0.15, 0.2) is 23.9 Å². The number of benzene rings is 2. The minimum Gasteiger partial charge on any atom is -0.493 e. The maximum absolute atomic E-state index is 13.5. The lowest BCUT2D eigenvalue weighted by molar-refractivity contribution is -0.670. The number of rotatable bonds is 8. The number of nitrogens with zero attached hydrogens (tertiary/aromatic N) is 3. The molecule has 2 N–H and O–H groups in total. The first-order valence-electron chi connectivity index (χ1n) is 9.90. The lowest BCUT2D eigenvalue weighted by atomic mass is 10.2. The molecule has 0 unspecified atom stereocenters. The second-order valence-electron chi connectivity index (χ2n) is 7.03. The molecule has 9 heteroatoms. The summed E-state index contributed by atoms with van der Waals surface area (Å²) in [4.78, 5) is 8.65. The quantitative estimate of drug-likeness (QED) is 0.302. The standard InChI is InChI=1S/C23H22ClFN5O2/c1-30-8-3-4-16(13-30)26-7-9-32-22-11-17-20(12-21(22)31-2)27-14-28-23(17)29-15-5-6-19(25)18(24)10-15/h3-6,8,10-14,26H,7,9H2,1-2H3,(H,27,28,29)/q+1. The van der Waals surface area contributed by atoms with Crippen molar-refractivity contribution in [2.45, 2.75) is 0 Å². The molecule has 164 valence electrons. The van der Waals surface area contributed by atoms with E-state index in [1.807, 2.05) is 42.2 Å². The highest BCUT2D eigenvalue weighted by Gasteiger charge is 2.12. The van der Waals surface area contributed by atoms with Gasteiger partial charge in [-0.2, -0.15) is 0 Å². The maximum Gasteiger partial charge on any atom is 0.191 e. The topological polar surface area (TPSA) is 72.2 Å². The predicted octanol–water partition coefficient (Wildman–Crippen LogP) is 4.49. The van der Waals surface area contributed by atoms with E-state index in [4.69, 9.17) is 21.1 Å². The summed E-state index contributed by atoms with van der Waals surface area (Å²) in [7, 11) is 3.55. The van der Waals surface area contributed by atoms with E-state index < -0.39 is 5.82 Å². The molecule has 0 fully saturated rings. The minimum absolute atomic E-state index is 0.0264. The van der Waals surface area contributed by atoms with Crippen molar-refractivity contribution >= 4 is 39.7 Å². The largest absolute Gasteiger partial charge is 0.493 e. The molecule has 7 nitrogen and oxygen atoms in total. The Morgan fingerprint density at radius 1 is 1.09 bits per heavy atom. The van der Waals surface area contributed by atoms with Gasteiger partial charge in [-0.1, -0.05) is 11.6 Å². The Bertz CT molecular complexity index is 1250. The first-order valence-corrected chi connectivity index (χ1v) is 10.3. The Labute approximate surface area is 189 Å². The summed E-state index contributed by atoms with van der Waals surface area (Å²) < 4.78 is 26.9. The fourth-order valence-corrected chi connectivity index (χ4v) is 3.38. The summed E-state index contributed by atoms with van der Waals surface area (Å²) in [6.07, 6.45) is 5.41. The van der Waals surface area contributed by atoms with Crippen LogP contribution in [0.5, 0.6) is 11.5 Å². The van der Waals surface area contributed by atoms with Crippen LogP contribution in [0.2, 0.25) is 5.02 Å². The Morgan fingerprint density at radius 2 is 1.97 bits per heavy atom. The number of halogens is 2. The van der Waals surface area contributed by atoms with Gasteiger partial charge in [0, 0.05) is 29.8 Å². The summed E-state index contributed by atoms with van der Waals surface area (Å²) in [6, 6.07) is 12.0. The van der Waals surface area contributed by atoms with Crippen molar-refractivity contribution in [1.82, 2.24) is 9.97 Å². The number of aromatic nitrogens is 3. The van der Waals surface area contributed by atoms with Crippen LogP contribution in [0.1, 0.15) is 0 Å². The molecule has 0 atom stereocenters. The third-order valence-corrected chi connectivity index (χ3v) is 5.02. The molecule has 4 rings (SSSR count). The van der Waals surface area contributed by atoms with Gasteiger partial charge in [-0.3, -0.25) is 0 Å². The van der Waals surface area contributed by atoms with Crippen LogP contribution in [0.15, 0.2) is 61.2 Å². The molecule has 0 spiro atoms. The van der Waals surface area contributed by atoms with Gasteiger partial charge < -0.3 is 20.1 Å². The van der Waals surface area contributed by atoms with Crippen molar-refractivity contribution in [2.24, 2.45) is 7.05 Å². The van der Waals surface area contributed by atoms with E-state index in [9.17, 15) is 4.39 Å². The van der Waals surface area contributed by atoms with Crippen molar-refractivity contribution in [2.75, 3.05) is 30.9 Å². The van der Waals surface area contributed by atoms with Crippen LogP contribution in [0, 0.1) is 5.82 Å². The number of ether oxygens (including phenoxy) is 2. The smallest absolute Gasteiger partial charge is 0.191 e. The zero-order chi connectivity index (χ0) is 22.5. The molecule has 0 amide bonds. The fraction of sp³-hybridized carbons (Fsp3) is 0.174. The number of hydrogen-bond acceptors (Lipinski definition) is 6. The molecule has 0 radical (unpaired) electrons. The molecule has 0 aliphatic rings. The van der Waals surface area contributed by atoms with Crippen LogP contribution in [-0.4, -0.2) is 30.2 Å². The zero-order valence-corrected chi connectivity index (χ0v) is 18.4. The highest BCUT2D eigenvalue weighted by molar-refractivity contribution is 6.31. The van der Waals surface area contributed by atoms with Gasteiger partial charge in [-0.25, -0.2) is 18.9 Å². The van der Waals surface area contributed by atoms with Crippen LogP contribution < -0.4 is 24.7 Å². The van der Waals surface area contributed by atoms with Crippen molar-refractivity contribution in [3.8, 4) is 11.5 Å². The predicted molar refractivity (Wildman–Crippen MR) is 122 cm³/mol. The summed E-state index contributed by atoms with van der Waals surface area (Å²) in [5.41, 5.74) is 2.28. The SMILES string of the molecule is COc1cc2ncnc(Nc3ccc(F)c(Cl)c3)c2cc1OCCNc1ccc[n+](C)c1. The zero-order valence-electron chi connectivity index (χ0n) is 17.6. The van der Waals surface area contributed by atoms with Crippen LogP contribution in [0.3, 0.4) is 0 Å². The number of hydrogen-bond donors (Lipinski definition) is 2. The molecule has 0 aliphatic carbocycles. The monoisotopic (exact) mass is 454 g/mol. The van der Waals surface area contributed by atoms with Crippen LogP contribution in [-0.2, 0) is 7.05 Å². The van der Waals surface area contributed by atoms with E-state index in [-0.39, 0.29) is 5.02 Å². The third-order valence-electron chi connectivity index (χ3n) is 4.73. The summed E-state index contributed by atoms with van der Waals surface area (Å²) in [5, 5.41) is 7.23. The summed E-state index contributed by atoms with van der Waals surface area (Å²) in [5.74, 6) is 1.19. The number of fused-ring (bicyclic) bond motifs is 1. The molecule has 0 saturated carbocycles. The van der Waals surface area contributed by atoms with Gasteiger partial charge in [-0.15, -0.1) is 0 Å². The molecule has 32 heavy (non-hydrogen) atoms. The number of methoxy groups -OCH3 is 1. The molecule has 0 aliphatic heterocycles. The third kappa shape index (κ3) is 4.97. The van der Waals surface area contributed by atoms with Gasteiger partial charge in [0.05, 0.1) is 23.3 Å². The van der Waals surface area contributed by atoms with Crippen LogP contribution >= 0.6 is 11.6 Å². The van der Waals surface area contributed by atoms with E-state index in [2.05, 4.69) is 20.6 Å². The average molecular weight is 455 g/mol. The van der Waals surface area contributed by atoms with Gasteiger partial charge in [0.1, 0.15) is 31.6 Å². The molecule has 0 saturated heterocycles. The Hall–Kier alpha value is -3.65. The van der Waals surface area contributed by atoms with Crippen molar-refractivity contribution in [3.63, 3.8) is 0 Å². The Balaban J connectivity index is 1.54. The molecule has 0 bridgehead atoms. The van der Waals surface area contributed by atoms with Crippen LogP contribution in [0.4, 0.5) is 21.6 Å². The summed E-state index contributed by atoms with van der Waals surface area (Å²) in [6.45, 7) is 1.03. The Morgan fingerprint density at radius 3 is 2.75 bits per heavy atom. The van der Waals surface area contributed by atoms with Crippen molar-refractivity contribution in [3.05, 3.63) is 72.0 Å². The van der Waals surface area contributed by atoms with Crippen molar-refractivity contribution < 1.29 is 18.4 Å². The van der Waals surface area contributed by atoms with E-state index in [1.165, 1.54) is 18.5 Å². The van der Waals surface area contributed by atoms with E-state index in [0.717, 1.165) is 11.1 Å². The van der Waals surface area contributed by atoms with E-state index in [0.29, 0.717) is 41.7 Å². The second-order valence-corrected chi connectivity index (χ2v) is 7.44. The normalized spacial score (nSPS) is 10.8. The molecule has 4 aromatic rings. The van der Waals surface area contributed by atoms with Gasteiger partial charge in [0.25, 0.3) is 0 Å². The first-order chi connectivity index (χ1) is 15.5. The average Bonchev–Trinajstić information content (AvgIpc) is 2.79. The first kappa shape index (κ1) is 21.6. The van der Waals surface area contributed by atoms with Crippen molar-refractivity contribution in [1.29, 1.82) is 0 Å². The number of aryl methyl sites for hydroxylation is 1. The van der Waals surface area contributed by atoms with Gasteiger partial charge in [-0.05, 0) is 30.3 Å². The highest BCUT2D eigenvalue weighted by Crippen LogP contribution is 2.35. The second kappa shape index (κ2) is 9.65. The highest BCUT2D eigenvalue weighted by atomic mass is 35.5. The maximum atomic E-state index is 13.5. The number of anilines is 3. The van der Waals surface area contributed by atoms with Gasteiger partial charge >= 0.3 is 0 Å². The minimum atomic E-state index is -0.483. The lowest BCUT2D eigenvalue weighted by Crippen LogP contribution is -2.27. The van der Waals surface area contributed by atoms with Gasteiger partial charge in [0.2, 0.25) is 0 Å². The summed E-state index contributed by atoms with van der Waals surface area (Å²) >= 11 is 5.90. The molecule has 2 aromatic heterocycles. The molecular weight excluding hydrogens is 433 g/mol. The number of nitrogens with one attached hydrogen (secondary N) is 2. The fourth-order valence-electron chi connectivity index (χ4n) is 3.20. The van der Waals surface area contributed by atoms with E-state index >= 15 is 0 Å². The molecule has 2 aromatic carbocycles.